The van der Waals surface area contributed by atoms with Crippen LogP contribution in [-0.2, 0) is 4.74 Å². The number of benzene rings is 1. The van der Waals surface area contributed by atoms with Gasteiger partial charge in [0.2, 0.25) is 0 Å². The van der Waals surface area contributed by atoms with Crippen LogP contribution >= 0.6 is 0 Å². The van der Waals surface area contributed by atoms with Gasteiger partial charge in [0.15, 0.2) is 0 Å². The van der Waals surface area contributed by atoms with Crippen LogP contribution in [0.1, 0.15) is 44.4 Å². The quantitative estimate of drug-likeness (QED) is 0.928. The van der Waals surface area contributed by atoms with Crippen LogP contribution in [0.5, 0.6) is 0 Å². The van der Waals surface area contributed by atoms with E-state index in [9.17, 15) is 4.79 Å². The van der Waals surface area contributed by atoms with Crippen LogP contribution in [0.3, 0.4) is 0 Å². The summed E-state index contributed by atoms with van der Waals surface area (Å²) in [6.07, 6.45) is 0.762. The molecule has 1 saturated heterocycles. The molecule has 5 nitrogen and oxygen atoms in total. The van der Waals surface area contributed by atoms with Gasteiger partial charge in [-0.2, -0.15) is 5.26 Å². The zero-order valence-corrected chi connectivity index (χ0v) is 13.4. The van der Waals surface area contributed by atoms with Gasteiger partial charge in [-0.1, -0.05) is 12.1 Å². The zero-order chi connectivity index (χ0) is 16.2. The number of carbonyl (C=O) groups excluding carboxylic acids is 1. The van der Waals surface area contributed by atoms with Crippen molar-refractivity contribution < 1.29 is 9.53 Å². The fraction of sp³-hybridized carbons (Fsp3) is 0.529. The Morgan fingerprint density at radius 1 is 1.45 bits per heavy atom. The van der Waals surface area contributed by atoms with Crippen molar-refractivity contribution in [3.63, 3.8) is 0 Å². The van der Waals surface area contributed by atoms with E-state index < -0.39 is 11.7 Å². The van der Waals surface area contributed by atoms with E-state index >= 15 is 0 Å². The van der Waals surface area contributed by atoms with Gasteiger partial charge >= 0.3 is 6.09 Å². The summed E-state index contributed by atoms with van der Waals surface area (Å²) in [5.74, 6) is 0. The summed E-state index contributed by atoms with van der Waals surface area (Å²) in [6, 6.07) is 9.32. The highest BCUT2D eigenvalue weighted by Crippen LogP contribution is 2.20. The maximum absolute atomic E-state index is 12.1. The van der Waals surface area contributed by atoms with Crippen molar-refractivity contribution in [3.8, 4) is 6.07 Å². The third kappa shape index (κ3) is 4.74. The monoisotopic (exact) mass is 301 g/mol. The molecule has 1 heterocycles. The molecule has 1 amide bonds. The van der Waals surface area contributed by atoms with Crippen LogP contribution in [0, 0.1) is 11.3 Å². The molecule has 0 spiro atoms. The number of likely N-dealkylation sites (tertiary alicyclic amines) is 1. The van der Waals surface area contributed by atoms with Crippen molar-refractivity contribution in [2.45, 2.75) is 38.8 Å². The second-order valence-corrected chi connectivity index (χ2v) is 6.59. The van der Waals surface area contributed by atoms with Gasteiger partial charge in [-0.25, -0.2) is 4.79 Å². The molecule has 1 aromatic carbocycles. The highest BCUT2D eigenvalue weighted by molar-refractivity contribution is 5.68. The molecule has 0 aliphatic carbocycles. The van der Waals surface area contributed by atoms with E-state index in [2.05, 4.69) is 16.3 Å². The molecule has 118 valence electrons. The van der Waals surface area contributed by atoms with E-state index in [1.165, 1.54) is 6.42 Å². The first kappa shape index (κ1) is 16.3. The maximum atomic E-state index is 12.1. The van der Waals surface area contributed by atoms with E-state index in [0.717, 1.165) is 25.2 Å². The van der Waals surface area contributed by atoms with Crippen LogP contribution in [0.4, 0.5) is 4.79 Å². The Morgan fingerprint density at radius 2 is 2.18 bits per heavy atom. The fourth-order valence-electron chi connectivity index (χ4n) is 2.33. The van der Waals surface area contributed by atoms with E-state index in [-0.39, 0.29) is 6.04 Å². The Kier molecular flexibility index (Phi) is 5.04. The van der Waals surface area contributed by atoms with Crippen molar-refractivity contribution in [1.29, 1.82) is 5.26 Å². The normalized spacial score (nSPS) is 16.3. The molecule has 0 radical (unpaired) electrons. The van der Waals surface area contributed by atoms with Crippen molar-refractivity contribution in [2.75, 3.05) is 19.6 Å². The molecule has 1 N–H and O–H groups in total. The average molecular weight is 301 g/mol. The number of carbonyl (C=O) groups is 1. The van der Waals surface area contributed by atoms with Crippen LogP contribution in [0.25, 0.3) is 0 Å². The maximum Gasteiger partial charge on any atom is 0.408 e. The molecule has 1 aliphatic rings. The van der Waals surface area contributed by atoms with Gasteiger partial charge in [0.25, 0.3) is 0 Å². The molecule has 0 bridgehead atoms. The summed E-state index contributed by atoms with van der Waals surface area (Å²) in [5, 5.41) is 12.0. The first-order valence-electron chi connectivity index (χ1n) is 7.59. The standard InChI is InChI=1S/C17H23N3O2/c1-17(2,3)22-16(21)19-15(12-20-8-5-9-20)14-7-4-6-13(10-14)11-18/h4,6-7,10,15H,5,8-9,12H2,1-3H3,(H,19,21)/t15-/m1/s1. The van der Waals surface area contributed by atoms with Crippen molar-refractivity contribution >= 4 is 6.09 Å². The number of hydrogen-bond donors (Lipinski definition) is 1. The lowest BCUT2D eigenvalue weighted by atomic mass is 10.0. The number of ether oxygens (including phenoxy) is 1. The van der Waals surface area contributed by atoms with Crippen molar-refractivity contribution in [1.82, 2.24) is 10.2 Å². The number of nitriles is 1. The molecule has 0 saturated carbocycles. The Hall–Kier alpha value is -2.06. The number of amides is 1. The molecular weight excluding hydrogens is 278 g/mol. The summed E-state index contributed by atoms with van der Waals surface area (Å²) in [6.45, 7) is 8.34. The lowest BCUT2D eigenvalue weighted by molar-refractivity contribution is 0.0479. The summed E-state index contributed by atoms with van der Waals surface area (Å²) in [5.41, 5.74) is 0.994. The lowest BCUT2D eigenvalue weighted by Gasteiger charge is -2.34. The molecule has 1 atom stereocenters. The molecule has 0 unspecified atom stereocenters. The third-order valence-corrected chi connectivity index (χ3v) is 3.50. The minimum Gasteiger partial charge on any atom is -0.444 e. The molecule has 5 heteroatoms. The highest BCUT2D eigenvalue weighted by Gasteiger charge is 2.24. The molecule has 1 aromatic rings. The van der Waals surface area contributed by atoms with Gasteiger partial charge in [-0.05, 0) is 58.0 Å². The second-order valence-electron chi connectivity index (χ2n) is 6.59. The van der Waals surface area contributed by atoms with E-state index in [0.29, 0.717) is 5.56 Å². The molecule has 1 aliphatic heterocycles. The van der Waals surface area contributed by atoms with E-state index in [1.807, 2.05) is 39.0 Å². The molecule has 1 fully saturated rings. The summed E-state index contributed by atoms with van der Waals surface area (Å²) in [7, 11) is 0. The highest BCUT2D eigenvalue weighted by atomic mass is 16.6. The number of alkyl carbamates (subject to hydrolysis) is 1. The summed E-state index contributed by atoms with van der Waals surface area (Å²) < 4.78 is 5.35. The smallest absolute Gasteiger partial charge is 0.408 e. The summed E-state index contributed by atoms with van der Waals surface area (Å²) in [4.78, 5) is 14.3. The molecule has 0 aromatic heterocycles. The Morgan fingerprint density at radius 3 is 2.73 bits per heavy atom. The number of nitrogens with one attached hydrogen (secondary N) is 1. The predicted molar refractivity (Wildman–Crippen MR) is 84.3 cm³/mol. The van der Waals surface area contributed by atoms with Crippen LogP contribution in [0.15, 0.2) is 24.3 Å². The number of rotatable bonds is 4. The second kappa shape index (κ2) is 6.80. The lowest BCUT2D eigenvalue weighted by Crippen LogP contribution is -2.45. The van der Waals surface area contributed by atoms with Crippen LogP contribution < -0.4 is 5.32 Å². The number of hydrogen-bond acceptors (Lipinski definition) is 4. The van der Waals surface area contributed by atoms with Gasteiger partial charge in [0, 0.05) is 6.54 Å². The average Bonchev–Trinajstić information content (AvgIpc) is 2.39. The van der Waals surface area contributed by atoms with Gasteiger partial charge in [-0.3, -0.25) is 0 Å². The Labute approximate surface area is 131 Å². The minimum atomic E-state index is -0.528. The largest absolute Gasteiger partial charge is 0.444 e. The first-order valence-corrected chi connectivity index (χ1v) is 7.59. The van der Waals surface area contributed by atoms with E-state index in [1.54, 1.807) is 6.07 Å². The Balaban J connectivity index is 2.11. The van der Waals surface area contributed by atoms with Gasteiger partial charge < -0.3 is 15.0 Å². The van der Waals surface area contributed by atoms with Gasteiger partial charge in [0.05, 0.1) is 17.7 Å². The predicted octanol–water partition coefficient (Wildman–Crippen LogP) is 2.83. The van der Waals surface area contributed by atoms with Crippen LogP contribution in [0.2, 0.25) is 0 Å². The zero-order valence-electron chi connectivity index (χ0n) is 13.4. The molecular formula is C17H23N3O2. The SMILES string of the molecule is CC(C)(C)OC(=O)N[C@H](CN1CCC1)c1cccc(C#N)c1. The Bertz CT molecular complexity index is 568. The number of nitrogens with zero attached hydrogens (tertiary/aromatic N) is 2. The molecule has 22 heavy (non-hydrogen) atoms. The van der Waals surface area contributed by atoms with Crippen molar-refractivity contribution in [3.05, 3.63) is 35.4 Å². The van der Waals surface area contributed by atoms with Crippen LogP contribution in [-0.4, -0.2) is 36.2 Å². The van der Waals surface area contributed by atoms with Gasteiger partial charge in [0.1, 0.15) is 5.60 Å². The fourth-order valence-corrected chi connectivity index (χ4v) is 2.33. The molecule has 2 rings (SSSR count). The van der Waals surface area contributed by atoms with Gasteiger partial charge in [-0.15, -0.1) is 0 Å². The third-order valence-electron chi connectivity index (χ3n) is 3.50. The topological polar surface area (TPSA) is 65.4 Å². The first-order chi connectivity index (χ1) is 10.4. The van der Waals surface area contributed by atoms with E-state index in [4.69, 9.17) is 10.00 Å². The van der Waals surface area contributed by atoms with Crippen molar-refractivity contribution in [2.24, 2.45) is 0 Å². The minimum absolute atomic E-state index is 0.177. The summed E-state index contributed by atoms with van der Waals surface area (Å²) >= 11 is 0.